The molecule has 0 radical (unpaired) electrons. The summed E-state index contributed by atoms with van der Waals surface area (Å²) in [6, 6.07) is 5.96. The van der Waals surface area contributed by atoms with Crippen LogP contribution in [0.15, 0.2) is 29.2 Å². The molecular formula is C18H27N3O4S. The number of carbonyl (C=O) groups is 2. The van der Waals surface area contributed by atoms with Crippen molar-refractivity contribution in [2.24, 2.45) is 0 Å². The summed E-state index contributed by atoms with van der Waals surface area (Å²) >= 11 is 0. The van der Waals surface area contributed by atoms with Crippen LogP contribution < -0.4 is 10.6 Å². The Morgan fingerprint density at radius 1 is 1.12 bits per heavy atom. The van der Waals surface area contributed by atoms with Gasteiger partial charge in [-0.05, 0) is 31.0 Å². The van der Waals surface area contributed by atoms with Crippen molar-refractivity contribution >= 4 is 21.8 Å². The van der Waals surface area contributed by atoms with Gasteiger partial charge in [0.1, 0.15) is 0 Å². The summed E-state index contributed by atoms with van der Waals surface area (Å²) in [5.41, 5.74) is 0.204. The highest BCUT2D eigenvalue weighted by molar-refractivity contribution is 7.89. The summed E-state index contributed by atoms with van der Waals surface area (Å²) in [4.78, 5) is 24.3. The normalized spacial score (nSPS) is 16.1. The predicted octanol–water partition coefficient (Wildman–Crippen LogP) is 1.51. The van der Waals surface area contributed by atoms with Crippen LogP contribution in [-0.2, 0) is 14.8 Å². The molecule has 0 heterocycles. The topological polar surface area (TPSA) is 95.6 Å². The molecule has 0 saturated heterocycles. The molecule has 2 N–H and O–H groups in total. The lowest BCUT2D eigenvalue weighted by Gasteiger charge is -2.16. The zero-order valence-electron chi connectivity index (χ0n) is 15.3. The lowest BCUT2D eigenvalue weighted by atomic mass is 10.1. The Bertz CT molecular complexity index is 739. The monoisotopic (exact) mass is 381 g/mol. The van der Waals surface area contributed by atoms with Crippen LogP contribution in [0.5, 0.6) is 0 Å². The van der Waals surface area contributed by atoms with E-state index in [1.54, 1.807) is 0 Å². The summed E-state index contributed by atoms with van der Waals surface area (Å²) in [6.07, 6.45) is 6.59. The third kappa shape index (κ3) is 5.54. The first-order valence-electron chi connectivity index (χ1n) is 8.91. The number of hydrogen-bond donors (Lipinski definition) is 2. The lowest BCUT2D eigenvalue weighted by Crippen LogP contribution is -2.41. The maximum Gasteiger partial charge on any atom is 0.251 e. The van der Waals surface area contributed by atoms with E-state index in [4.69, 9.17) is 0 Å². The van der Waals surface area contributed by atoms with Crippen molar-refractivity contribution < 1.29 is 18.0 Å². The third-order valence-electron chi connectivity index (χ3n) is 4.50. The molecule has 1 fully saturated rings. The molecule has 7 nitrogen and oxygen atoms in total. The first kappa shape index (κ1) is 20.4. The van der Waals surface area contributed by atoms with Gasteiger partial charge in [0.05, 0.1) is 11.4 Å². The van der Waals surface area contributed by atoms with E-state index in [9.17, 15) is 18.0 Å². The molecule has 26 heavy (non-hydrogen) atoms. The molecule has 2 amide bonds. The van der Waals surface area contributed by atoms with E-state index in [0.717, 1.165) is 30.0 Å². The summed E-state index contributed by atoms with van der Waals surface area (Å²) in [5, 5.41) is 5.51. The number of amides is 2. The van der Waals surface area contributed by atoms with Crippen LogP contribution in [0, 0.1) is 0 Å². The molecule has 0 aliphatic heterocycles. The molecule has 0 spiro atoms. The molecule has 1 aromatic carbocycles. The second-order valence-corrected chi connectivity index (χ2v) is 8.91. The first-order valence-corrected chi connectivity index (χ1v) is 10.3. The van der Waals surface area contributed by atoms with E-state index in [1.807, 2.05) is 0 Å². The minimum absolute atomic E-state index is 0.0399. The maximum absolute atomic E-state index is 12.2. The molecule has 144 valence electrons. The van der Waals surface area contributed by atoms with Crippen LogP contribution in [0.1, 0.15) is 48.9 Å². The molecule has 1 aliphatic rings. The van der Waals surface area contributed by atoms with Gasteiger partial charge in [0.2, 0.25) is 15.9 Å². The highest BCUT2D eigenvalue weighted by Crippen LogP contribution is 2.17. The summed E-state index contributed by atoms with van der Waals surface area (Å²) in [7, 11) is -0.752. The molecule has 0 aromatic heterocycles. The fourth-order valence-electron chi connectivity index (χ4n) is 2.97. The standard InChI is InChI=1S/C18H27N3O4S/c1-21(2)26(24,25)16-11-7-8-14(12-16)18(23)19-13-17(22)20-15-9-5-3-4-6-10-15/h7-8,11-12,15H,3-6,9-10,13H2,1-2H3,(H,19,23)(H,20,22). The maximum atomic E-state index is 12.2. The highest BCUT2D eigenvalue weighted by atomic mass is 32.2. The van der Waals surface area contributed by atoms with Gasteiger partial charge in [-0.1, -0.05) is 31.7 Å². The van der Waals surface area contributed by atoms with Crippen molar-refractivity contribution in [1.29, 1.82) is 0 Å². The number of nitrogens with one attached hydrogen (secondary N) is 2. The van der Waals surface area contributed by atoms with Crippen LogP contribution in [0.2, 0.25) is 0 Å². The van der Waals surface area contributed by atoms with Crippen LogP contribution >= 0.6 is 0 Å². The van der Waals surface area contributed by atoms with Crippen molar-refractivity contribution in [2.45, 2.75) is 49.5 Å². The van der Waals surface area contributed by atoms with Crippen molar-refractivity contribution in [3.63, 3.8) is 0 Å². The fourth-order valence-corrected chi connectivity index (χ4v) is 3.92. The molecule has 0 atom stereocenters. The van der Waals surface area contributed by atoms with Crippen LogP contribution in [0.3, 0.4) is 0 Å². The van der Waals surface area contributed by atoms with Crippen molar-refractivity contribution in [2.75, 3.05) is 20.6 Å². The zero-order chi connectivity index (χ0) is 19.2. The molecule has 0 unspecified atom stereocenters. The highest BCUT2D eigenvalue weighted by Gasteiger charge is 2.19. The Morgan fingerprint density at radius 3 is 2.38 bits per heavy atom. The Morgan fingerprint density at radius 2 is 1.77 bits per heavy atom. The van der Waals surface area contributed by atoms with Gasteiger partial charge in [-0.3, -0.25) is 9.59 Å². The van der Waals surface area contributed by atoms with Gasteiger partial charge >= 0.3 is 0 Å². The molecular weight excluding hydrogens is 354 g/mol. The van der Waals surface area contributed by atoms with Crippen molar-refractivity contribution in [3.8, 4) is 0 Å². The number of hydrogen-bond acceptors (Lipinski definition) is 4. The smallest absolute Gasteiger partial charge is 0.251 e. The van der Waals surface area contributed by atoms with E-state index in [2.05, 4.69) is 10.6 Å². The van der Waals surface area contributed by atoms with Gasteiger partial charge in [-0.2, -0.15) is 0 Å². The van der Waals surface area contributed by atoms with Gasteiger partial charge < -0.3 is 10.6 Å². The molecule has 8 heteroatoms. The van der Waals surface area contributed by atoms with Crippen molar-refractivity contribution in [3.05, 3.63) is 29.8 Å². The Hall–Kier alpha value is -1.93. The zero-order valence-corrected chi connectivity index (χ0v) is 16.1. The van der Waals surface area contributed by atoms with Crippen LogP contribution in [-0.4, -0.2) is 51.2 Å². The summed E-state index contributed by atoms with van der Waals surface area (Å²) in [6.45, 7) is -0.125. The largest absolute Gasteiger partial charge is 0.352 e. The number of rotatable bonds is 6. The van der Waals surface area contributed by atoms with Gasteiger partial charge in [0.25, 0.3) is 5.91 Å². The molecule has 1 aromatic rings. The van der Waals surface area contributed by atoms with E-state index >= 15 is 0 Å². The number of sulfonamides is 1. The molecule has 2 rings (SSSR count). The predicted molar refractivity (Wildman–Crippen MR) is 99.3 cm³/mol. The molecule has 1 aliphatic carbocycles. The Labute approximate surface area is 155 Å². The lowest BCUT2D eigenvalue weighted by molar-refractivity contribution is -0.120. The van der Waals surface area contributed by atoms with E-state index in [0.29, 0.717) is 0 Å². The molecule has 1 saturated carbocycles. The van der Waals surface area contributed by atoms with E-state index in [1.165, 1.54) is 51.2 Å². The van der Waals surface area contributed by atoms with E-state index < -0.39 is 15.9 Å². The van der Waals surface area contributed by atoms with Crippen molar-refractivity contribution in [1.82, 2.24) is 14.9 Å². The minimum atomic E-state index is -3.61. The molecule has 0 bridgehead atoms. The van der Waals surface area contributed by atoms with Gasteiger partial charge in [-0.15, -0.1) is 0 Å². The summed E-state index contributed by atoms with van der Waals surface area (Å²) in [5.74, 6) is -0.695. The van der Waals surface area contributed by atoms with Gasteiger partial charge in [-0.25, -0.2) is 12.7 Å². The Kier molecular flexibility index (Phi) is 7.16. The average molecular weight is 381 g/mol. The van der Waals surface area contributed by atoms with Gasteiger partial charge in [0, 0.05) is 25.7 Å². The number of nitrogens with zero attached hydrogens (tertiary/aromatic N) is 1. The first-order chi connectivity index (χ1) is 12.3. The Balaban J connectivity index is 1.92. The van der Waals surface area contributed by atoms with E-state index in [-0.39, 0.29) is 29.0 Å². The minimum Gasteiger partial charge on any atom is -0.352 e. The second kappa shape index (κ2) is 9.14. The second-order valence-electron chi connectivity index (χ2n) is 6.75. The quantitative estimate of drug-likeness (QED) is 0.730. The SMILES string of the molecule is CN(C)S(=O)(=O)c1cccc(C(=O)NCC(=O)NC2CCCCCC2)c1. The summed E-state index contributed by atoms with van der Waals surface area (Å²) < 4.78 is 25.4. The third-order valence-corrected chi connectivity index (χ3v) is 6.32. The number of carbonyl (C=O) groups excluding carboxylic acids is 2. The van der Waals surface area contributed by atoms with Gasteiger partial charge in [0.15, 0.2) is 0 Å². The fraction of sp³-hybridized carbons (Fsp3) is 0.556. The number of benzene rings is 1. The van der Waals surface area contributed by atoms with Crippen LogP contribution in [0.4, 0.5) is 0 Å². The average Bonchev–Trinajstić information content (AvgIpc) is 2.88. The van der Waals surface area contributed by atoms with Crippen LogP contribution in [0.25, 0.3) is 0 Å².